The maximum atomic E-state index is 5.83. The topological polar surface area (TPSA) is 78.6 Å². The van der Waals surface area contributed by atoms with Gasteiger partial charge in [-0.25, -0.2) is 9.97 Å². The first-order chi connectivity index (χ1) is 13.3. The summed E-state index contributed by atoms with van der Waals surface area (Å²) in [5.74, 6) is 3.41. The van der Waals surface area contributed by atoms with Crippen LogP contribution in [-0.4, -0.2) is 42.1 Å². The zero-order chi connectivity index (χ0) is 20.1. The molecule has 1 aliphatic rings. The number of hydrogen-bond donors (Lipinski definition) is 2. The number of aryl methyl sites for hydroxylation is 1. The van der Waals surface area contributed by atoms with Crippen LogP contribution in [0.25, 0.3) is 0 Å². The Morgan fingerprint density at radius 2 is 1.93 bits per heavy atom. The summed E-state index contributed by atoms with van der Waals surface area (Å²) >= 11 is 0. The molecule has 3 rings (SSSR count). The van der Waals surface area contributed by atoms with Gasteiger partial charge in [0, 0.05) is 37.8 Å². The predicted octanol–water partition coefficient (Wildman–Crippen LogP) is 3.63. The van der Waals surface area contributed by atoms with Crippen molar-refractivity contribution in [1.82, 2.24) is 20.6 Å². The van der Waals surface area contributed by atoms with Crippen molar-refractivity contribution in [3.8, 4) is 0 Å². The van der Waals surface area contributed by atoms with E-state index >= 15 is 0 Å². The molecule has 0 saturated carbocycles. The van der Waals surface area contributed by atoms with Gasteiger partial charge in [0.15, 0.2) is 5.96 Å². The molecule has 29 heavy (non-hydrogen) atoms. The lowest BCUT2D eigenvalue weighted by molar-refractivity contribution is 0.379. The number of aromatic nitrogens is 2. The van der Waals surface area contributed by atoms with E-state index in [1.165, 1.54) is 5.56 Å². The molecule has 0 atom stereocenters. The molecule has 2 aromatic rings. The first-order valence-corrected chi connectivity index (χ1v) is 9.95. The Balaban J connectivity index is 0.00000300. The number of halogens is 1. The highest BCUT2D eigenvalue weighted by Crippen LogP contribution is 2.22. The van der Waals surface area contributed by atoms with Crippen LogP contribution in [0.5, 0.6) is 0 Å². The van der Waals surface area contributed by atoms with Crippen molar-refractivity contribution in [2.45, 2.75) is 58.5 Å². The lowest BCUT2D eigenvalue weighted by atomic mass is 9.94. The fourth-order valence-corrected chi connectivity index (χ4v) is 3.19. The molecule has 0 bridgehead atoms. The molecule has 1 saturated heterocycles. The molecule has 160 valence electrons. The highest BCUT2D eigenvalue weighted by atomic mass is 127. The molecular weight excluding hydrogens is 479 g/mol. The number of piperidine rings is 1. The van der Waals surface area contributed by atoms with Crippen LogP contribution < -0.4 is 15.5 Å². The number of nitrogens with one attached hydrogen (secondary N) is 2. The minimum atomic E-state index is -0.0363. The van der Waals surface area contributed by atoms with Crippen LogP contribution in [0.3, 0.4) is 0 Å². The maximum absolute atomic E-state index is 5.83. The average Bonchev–Trinajstić information content (AvgIpc) is 3.16. The largest absolute Gasteiger partial charge is 0.443 e. The van der Waals surface area contributed by atoms with E-state index in [1.54, 1.807) is 7.05 Å². The number of rotatable bonds is 4. The van der Waals surface area contributed by atoms with Crippen LogP contribution >= 0.6 is 24.0 Å². The first-order valence-electron chi connectivity index (χ1n) is 9.95. The van der Waals surface area contributed by atoms with E-state index in [1.807, 2.05) is 12.4 Å². The Hall–Kier alpha value is -1.84. The molecule has 3 heterocycles. The Labute approximate surface area is 190 Å². The summed E-state index contributed by atoms with van der Waals surface area (Å²) in [7, 11) is 1.79. The summed E-state index contributed by atoms with van der Waals surface area (Å²) in [5.41, 5.74) is 1.15. The lowest BCUT2D eigenvalue weighted by Gasteiger charge is -2.33. The number of guanidine groups is 1. The summed E-state index contributed by atoms with van der Waals surface area (Å²) in [6.45, 7) is 10.9. The summed E-state index contributed by atoms with van der Waals surface area (Å²) in [5, 5.41) is 6.82. The van der Waals surface area contributed by atoms with Crippen LogP contribution in [0.15, 0.2) is 33.9 Å². The zero-order valence-electron chi connectivity index (χ0n) is 18.0. The second kappa shape index (κ2) is 10.3. The number of anilines is 1. The Kier molecular flexibility index (Phi) is 8.30. The van der Waals surface area contributed by atoms with Crippen LogP contribution in [-0.2, 0) is 12.0 Å². The molecule has 0 spiro atoms. The normalized spacial score (nSPS) is 15.8. The second-order valence-corrected chi connectivity index (χ2v) is 8.39. The van der Waals surface area contributed by atoms with Gasteiger partial charge in [0.1, 0.15) is 11.6 Å². The van der Waals surface area contributed by atoms with Gasteiger partial charge >= 0.3 is 0 Å². The van der Waals surface area contributed by atoms with Gasteiger partial charge in [0.2, 0.25) is 5.89 Å². The minimum absolute atomic E-state index is 0. The smallest absolute Gasteiger partial charge is 0.213 e. The molecular formula is C21H33IN6O. The highest BCUT2D eigenvalue weighted by Gasteiger charge is 2.22. The van der Waals surface area contributed by atoms with Gasteiger partial charge in [-0.3, -0.25) is 4.99 Å². The van der Waals surface area contributed by atoms with Crippen molar-refractivity contribution >= 4 is 35.8 Å². The average molecular weight is 512 g/mol. The maximum Gasteiger partial charge on any atom is 0.213 e. The number of pyridine rings is 1. The van der Waals surface area contributed by atoms with Crippen molar-refractivity contribution in [1.29, 1.82) is 0 Å². The van der Waals surface area contributed by atoms with E-state index in [4.69, 9.17) is 4.42 Å². The van der Waals surface area contributed by atoms with Crippen molar-refractivity contribution < 1.29 is 4.42 Å². The molecule has 0 aliphatic carbocycles. The molecule has 2 N–H and O–H groups in total. The zero-order valence-corrected chi connectivity index (χ0v) is 20.4. The highest BCUT2D eigenvalue weighted by molar-refractivity contribution is 14.0. The summed E-state index contributed by atoms with van der Waals surface area (Å²) < 4.78 is 5.83. The minimum Gasteiger partial charge on any atom is -0.443 e. The van der Waals surface area contributed by atoms with E-state index < -0.39 is 0 Å². The molecule has 1 aliphatic heterocycles. The molecule has 8 heteroatoms. The quantitative estimate of drug-likeness (QED) is 0.370. The van der Waals surface area contributed by atoms with Crippen LogP contribution in [0.1, 0.15) is 50.8 Å². The van der Waals surface area contributed by atoms with Gasteiger partial charge in [-0.15, -0.1) is 24.0 Å². The van der Waals surface area contributed by atoms with Crippen LogP contribution in [0.2, 0.25) is 0 Å². The Morgan fingerprint density at radius 3 is 2.48 bits per heavy atom. The lowest BCUT2D eigenvalue weighted by Crippen LogP contribution is -2.48. The predicted molar refractivity (Wildman–Crippen MR) is 128 cm³/mol. The van der Waals surface area contributed by atoms with Gasteiger partial charge in [0.25, 0.3) is 0 Å². The summed E-state index contributed by atoms with van der Waals surface area (Å²) in [6, 6.07) is 4.61. The fraction of sp³-hybridized carbons (Fsp3) is 0.571. The Morgan fingerprint density at radius 1 is 1.21 bits per heavy atom. The number of aliphatic imine (C=N–C) groups is 1. The third-order valence-corrected chi connectivity index (χ3v) is 4.98. The number of oxazole rings is 1. The first kappa shape index (κ1) is 23.4. The van der Waals surface area contributed by atoms with E-state index in [2.05, 4.69) is 70.3 Å². The third-order valence-electron chi connectivity index (χ3n) is 4.98. The summed E-state index contributed by atoms with van der Waals surface area (Å²) in [6.07, 6.45) is 5.83. The molecule has 7 nitrogen and oxygen atoms in total. The molecule has 0 radical (unpaired) electrons. The van der Waals surface area contributed by atoms with Crippen LogP contribution in [0, 0.1) is 6.92 Å². The standard InChI is InChI=1S/C21H32N6O.HI/c1-15-6-7-18(23-12-15)27-10-8-16(9-11-27)26-20(22-5)25-14-19-24-13-17(28-19)21(2,3)4;/h6-7,12-13,16H,8-11,14H2,1-5H3,(H2,22,25,26);1H. The number of hydrogen-bond acceptors (Lipinski definition) is 5. The Bertz CT molecular complexity index is 788. The molecule has 2 aromatic heterocycles. The fourth-order valence-electron chi connectivity index (χ4n) is 3.19. The third kappa shape index (κ3) is 6.58. The van der Waals surface area contributed by atoms with E-state index in [9.17, 15) is 0 Å². The molecule has 0 unspecified atom stereocenters. The van der Waals surface area contributed by atoms with Gasteiger partial charge < -0.3 is 20.0 Å². The molecule has 0 amide bonds. The number of nitrogens with zero attached hydrogens (tertiary/aromatic N) is 4. The van der Waals surface area contributed by atoms with Crippen molar-refractivity contribution in [3.05, 3.63) is 41.7 Å². The monoisotopic (exact) mass is 512 g/mol. The van der Waals surface area contributed by atoms with E-state index in [0.29, 0.717) is 18.5 Å². The van der Waals surface area contributed by atoms with Crippen molar-refractivity contribution in [2.24, 2.45) is 4.99 Å². The van der Waals surface area contributed by atoms with Crippen molar-refractivity contribution in [3.63, 3.8) is 0 Å². The van der Waals surface area contributed by atoms with Gasteiger partial charge in [-0.1, -0.05) is 26.8 Å². The van der Waals surface area contributed by atoms with Gasteiger partial charge in [-0.2, -0.15) is 0 Å². The van der Waals surface area contributed by atoms with Gasteiger partial charge in [-0.05, 0) is 31.4 Å². The SMILES string of the molecule is CN=C(NCc1ncc(C(C)(C)C)o1)NC1CCN(c2ccc(C)cn2)CC1.I. The van der Waals surface area contributed by atoms with E-state index in [0.717, 1.165) is 43.5 Å². The molecule has 0 aromatic carbocycles. The van der Waals surface area contributed by atoms with Gasteiger partial charge in [0.05, 0.1) is 12.7 Å². The van der Waals surface area contributed by atoms with Crippen molar-refractivity contribution in [2.75, 3.05) is 25.0 Å². The molecule has 1 fully saturated rings. The summed E-state index contributed by atoms with van der Waals surface area (Å²) in [4.78, 5) is 15.6. The second-order valence-electron chi connectivity index (χ2n) is 8.39. The van der Waals surface area contributed by atoms with Crippen LogP contribution in [0.4, 0.5) is 5.82 Å². The van der Waals surface area contributed by atoms with E-state index in [-0.39, 0.29) is 29.4 Å².